The van der Waals surface area contributed by atoms with Crippen LogP contribution in [0.25, 0.3) is 0 Å². The first-order valence-corrected chi connectivity index (χ1v) is 11.0. The molecule has 0 aromatic heterocycles. The van der Waals surface area contributed by atoms with E-state index in [0.29, 0.717) is 28.7 Å². The fourth-order valence-corrected chi connectivity index (χ4v) is 4.00. The van der Waals surface area contributed by atoms with Gasteiger partial charge in [-0.15, -0.1) is 0 Å². The summed E-state index contributed by atoms with van der Waals surface area (Å²) in [5, 5.41) is 9.49. The molecule has 2 aliphatic rings. The molecule has 1 fully saturated rings. The minimum atomic E-state index is -4.03. The second-order valence-electron chi connectivity index (χ2n) is 6.56. The van der Waals surface area contributed by atoms with Crippen LogP contribution < -0.4 is 9.64 Å². The molecule has 0 aliphatic carbocycles. The molecule has 1 N–H and O–H groups in total. The minimum Gasteiger partial charge on any atom is -0.439 e. The summed E-state index contributed by atoms with van der Waals surface area (Å²) in [4.78, 5) is 4.38. The number of nitrogens with zero attached hydrogens (tertiary/aromatic N) is 3. The third-order valence-corrected chi connectivity index (χ3v) is 5.84. The summed E-state index contributed by atoms with van der Waals surface area (Å²) in [6, 6.07) is 9.54. The number of hydrogen-bond donors (Lipinski definition) is 1. The number of hydrogen-bond acceptors (Lipinski definition) is 6. The van der Waals surface area contributed by atoms with Crippen LogP contribution in [0.15, 0.2) is 47.9 Å². The fourth-order valence-electron chi connectivity index (χ4n) is 3.21. The van der Waals surface area contributed by atoms with Crippen LogP contribution in [-0.2, 0) is 10.1 Å². The van der Waals surface area contributed by atoms with E-state index in [1.54, 1.807) is 12.2 Å². The summed E-state index contributed by atoms with van der Waals surface area (Å²) < 4.78 is 36.9. The van der Waals surface area contributed by atoms with Crippen LogP contribution in [0.4, 0.5) is 5.69 Å². The van der Waals surface area contributed by atoms with Gasteiger partial charge in [0.1, 0.15) is 11.1 Å². The van der Waals surface area contributed by atoms with Crippen molar-refractivity contribution in [3.63, 3.8) is 0 Å². The predicted molar refractivity (Wildman–Crippen MR) is 111 cm³/mol. The van der Waals surface area contributed by atoms with Gasteiger partial charge in [-0.05, 0) is 37.5 Å². The maximum atomic E-state index is 11.0. The van der Waals surface area contributed by atoms with Crippen molar-refractivity contribution in [3.05, 3.63) is 47.9 Å². The quantitative estimate of drug-likeness (QED) is 0.326. The predicted octanol–water partition coefficient (Wildman–Crippen LogP) is 2.88. The number of rotatable bonds is 6. The van der Waals surface area contributed by atoms with Gasteiger partial charge in [-0.2, -0.15) is 13.7 Å². The molecule has 3 rings (SSSR count). The highest BCUT2D eigenvalue weighted by molar-refractivity contribution is 7.85. The van der Waals surface area contributed by atoms with Gasteiger partial charge in [0, 0.05) is 25.7 Å². The van der Waals surface area contributed by atoms with Gasteiger partial charge >= 0.3 is 0 Å². The fraction of sp³-hybridized carbons (Fsp3) is 0.368. The van der Waals surface area contributed by atoms with Gasteiger partial charge < -0.3 is 14.5 Å². The molecule has 1 aromatic rings. The molecule has 0 unspecified atom stereocenters. The van der Waals surface area contributed by atoms with Gasteiger partial charge in [-0.1, -0.05) is 24.4 Å². The van der Waals surface area contributed by atoms with Crippen LogP contribution in [0.2, 0.25) is 0 Å². The van der Waals surface area contributed by atoms with Crippen molar-refractivity contribution in [2.75, 3.05) is 30.3 Å². The van der Waals surface area contributed by atoms with E-state index >= 15 is 0 Å². The van der Waals surface area contributed by atoms with E-state index in [9.17, 15) is 13.7 Å². The van der Waals surface area contributed by atoms with E-state index in [4.69, 9.17) is 21.5 Å². The minimum absolute atomic E-state index is 0.231. The van der Waals surface area contributed by atoms with Crippen molar-refractivity contribution in [3.8, 4) is 11.8 Å². The topological polar surface area (TPSA) is 93.9 Å². The molecule has 0 amide bonds. The van der Waals surface area contributed by atoms with E-state index in [-0.39, 0.29) is 12.2 Å². The second-order valence-corrected chi connectivity index (χ2v) is 8.52. The molecule has 0 bridgehead atoms. The zero-order chi connectivity index (χ0) is 20.1. The highest BCUT2D eigenvalue weighted by atomic mass is 32.2. The highest BCUT2D eigenvalue weighted by Crippen LogP contribution is 2.38. The summed E-state index contributed by atoms with van der Waals surface area (Å²) in [6.45, 7) is 2.06. The van der Waals surface area contributed by atoms with E-state index < -0.39 is 10.1 Å². The third kappa shape index (κ3) is 4.90. The second kappa shape index (κ2) is 8.73. The lowest BCUT2D eigenvalue weighted by Crippen LogP contribution is -2.27. The van der Waals surface area contributed by atoms with Crippen LogP contribution in [0.5, 0.6) is 5.75 Å². The molecule has 28 heavy (non-hydrogen) atoms. The van der Waals surface area contributed by atoms with E-state index in [2.05, 4.69) is 6.07 Å². The zero-order valence-electron chi connectivity index (χ0n) is 15.2. The number of anilines is 1. The van der Waals surface area contributed by atoms with Crippen LogP contribution in [0.3, 0.4) is 0 Å². The molecule has 1 saturated heterocycles. The van der Waals surface area contributed by atoms with Crippen LogP contribution in [-0.4, -0.2) is 48.2 Å². The monoisotopic (exact) mass is 419 g/mol. The summed E-state index contributed by atoms with van der Waals surface area (Å²) in [6.07, 6.45) is 5.68. The molecule has 148 valence electrons. The summed E-state index contributed by atoms with van der Waals surface area (Å²) in [7, 11) is -4.03. The molecule has 0 atom stereocenters. The summed E-state index contributed by atoms with van der Waals surface area (Å²) >= 11 is 5.44. The molecular weight excluding hydrogens is 398 g/mol. The standard InChI is InChI=1S/C19H21N3O4S2/c20-14-15(19(27)21-10-3-4-11-21)8-9-18-22(12-5-13-28(23,24)25)16-6-1-2-7-17(16)26-18/h1-2,6-9H,3-5,10-13H2,(H,23,24,25)/b15-8+,18-9+. The molecular formula is C19H21N3O4S2. The van der Waals surface area contributed by atoms with Gasteiger partial charge in [-0.25, -0.2) is 0 Å². The van der Waals surface area contributed by atoms with Crippen molar-refractivity contribution < 1.29 is 17.7 Å². The van der Waals surface area contributed by atoms with Crippen molar-refractivity contribution in [2.24, 2.45) is 0 Å². The number of benzene rings is 1. The SMILES string of the molecule is N#C/C(=C\C=C1\Oc2ccccc2N1CCCS(=O)(=O)O)C(=S)N1CCCC1. The van der Waals surface area contributed by atoms with Gasteiger partial charge in [0.25, 0.3) is 10.1 Å². The maximum Gasteiger partial charge on any atom is 0.264 e. The molecule has 2 aliphatic heterocycles. The largest absolute Gasteiger partial charge is 0.439 e. The Balaban J connectivity index is 1.81. The maximum absolute atomic E-state index is 11.0. The molecule has 9 heteroatoms. The number of ether oxygens (including phenoxy) is 1. The normalized spacial score (nSPS) is 18.1. The average molecular weight is 420 g/mol. The van der Waals surface area contributed by atoms with Gasteiger partial charge in [0.05, 0.1) is 17.0 Å². The first-order chi connectivity index (χ1) is 13.4. The Bertz CT molecular complexity index is 958. The number of likely N-dealkylation sites (tertiary alicyclic amines) is 1. The molecule has 0 radical (unpaired) electrons. The summed E-state index contributed by atoms with van der Waals surface area (Å²) in [5.74, 6) is 0.792. The van der Waals surface area contributed by atoms with Crippen molar-refractivity contribution in [2.45, 2.75) is 19.3 Å². The van der Waals surface area contributed by atoms with E-state index in [1.807, 2.05) is 34.1 Å². The average Bonchev–Trinajstić information content (AvgIpc) is 3.30. The molecule has 0 spiro atoms. The number of fused-ring (bicyclic) bond motifs is 1. The van der Waals surface area contributed by atoms with Gasteiger partial charge in [0.2, 0.25) is 5.88 Å². The van der Waals surface area contributed by atoms with Crippen molar-refractivity contribution in [1.82, 2.24) is 4.90 Å². The van der Waals surface area contributed by atoms with Gasteiger partial charge in [0.15, 0.2) is 5.75 Å². The Morgan fingerprint density at radius 1 is 1.32 bits per heavy atom. The first kappa shape index (κ1) is 20.3. The van der Waals surface area contributed by atoms with Crippen molar-refractivity contribution >= 4 is 33.0 Å². The van der Waals surface area contributed by atoms with E-state index in [1.165, 1.54) is 0 Å². The molecule has 2 heterocycles. The molecule has 0 saturated carbocycles. The van der Waals surface area contributed by atoms with E-state index in [0.717, 1.165) is 31.6 Å². The molecule has 7 nitrogen and oxygen atoms in total. The lowest BCUT2D eigenvalue weighted by molar-refractivity contribution is 0.437. The van der Waals surface area contributed by atoms with Crippen LogP contribution >= 0.6 is 12.2 Å². The van der Waals surface area contributed by atoms with Gasteiger partial charge in [-0.3, -0.25) is 4.55 Å². The zero-order valence-corrected chi connectivity index (χ0v) is 16.9. The van der Waals surface area contributed by atoms with Crippen LogP contribution in [0, 0.1) is 11.3 Å². The molecule has 1 aromatic carbocycles. The Labute approximate surface area is 170 Å². The lowest BCUT2D eigenvalue weighted by atomic mass is 10.2. The number of nitriles is 1. The Morgan fingerprint density at radius 2 is 2.04 bits per heavy atom. The summed E-state index contributed by atoms with van der Waals surface area (Å²) in [5.41, 5.74) is 1.19. The van der Waals surface area contributed by atoms with Crippen molar-refractivity contribution in [1.29, 1.82) is 5.26 Å². The first-order valence-electron chi connectivity index (χ1n) is 9.00. The third-order valence-electron chi connectivity index (χ3n) is 4.56. The highest BCUT2D eigenvalue weighted by Gasteiger charge is 2.26. The Kier molecular flexibility index (Phi) is 6.34. The Hall–Kier alpha value is -2.41. The number of para-hydroxylation sites is 2. The van der Waals surface area contributed by atoms with Crippen LogP contribution in [0.1, 0.15) is 19.3 Å². The lowest BCUT2D eigenvalue weighted by Gasteiger charge is -2.18. The number of thiocarbonyl (C=S) groups is 1. The Morgan fingerprint density at radius 3 is 2.71 bits per heavy atom. The smallest absolute Gasteiger partial charge is 0.264 e. The number of allylic oxidation sites excluding steroid dienone is 2.